The number of aromatic nitrogens is 2. The first-order valence-electron chi connectivity index (χ1n) is 10.4. The maximum atomic E-state index is 13.9. The highest BCUT2D eigenvalue weighted by Gasteiger charge is 2.15. The zero-order valence-electron chi connectivity index (χ0n) is 18.0. The Morgan fingerprint density at radius 3 is 2.56 bits per heavy atom. The monoisotopic (exact) mass is 464 g/mol. The topological polar surface area (TPSA) is 59.2 Å². The highest BCUT2D eigenvalue weighted by Crippen LogP contribution is 2.35. The third-order valence-corrected chi connectivity index (χ3v) is 6.27. The molecule has 2 aromatic heterocycles. The Morgan fingerprint density at radius 1 is 1.00 bits per heavy atom. The molecule has 0 spiro atoms. The summed E-state index contributed by atoms with van der Waals surface area (Å²) in [5, 5.41) is 2.89. The lowest BCUT2D eigenvalue weighted by atomic mass is 9.97. The SMILES string of the molecule is [C-]#[N+]c1ccc(C(=O)Nc2cnc(-c3ccc(F)c(C)c3)c(-c3ccc4ncsc4c3)c2)cc1. The van der Waals surface area contributed by atoms with Crippen LogP contribution in [0.1, 0.15) is 15.9 Å². The zero-order chi connectivity index (χ0) is 23.7. The lowest BCUT2D eigenvalue weighted by Crippen LogP contribution is -2.12. The van der Waals surface area contributed by atoms with Crippen LogP contribution in [0.5, 0.6) is 0 Å². The van der Waals surface area contributed by atoms with Crippen molar-refractivity contribution in [3.05, 3.63) is 107 Å². The average molecular weight is 465 g/mol. The molecule has 0 atom stereocenters. The fourth-order valence-electron chi connectivity index (χ4n) is 3.69. The number of rotatable bonds is 4. The number of anilines is 1. The molecule has 7 heteroatoms. The summed E-state index contributed by atoms with van der Waals surface area (Å²) in [4.78, 5) is 25.1. The van der Waals surface area contributed by atoms with Crippen molar-refractivity contribution in [3.63, 3.8) is 0 Å². The number of carbonyl (C=O) groups is 1. The van der Waals surface area contributed by atoms with Crippen molar-refractivity contribution in [2.45, 2.75) is 6.92 Å². The van der Waals surface area contributed by atoms with Crippen LogP contribution in [-0.4, -0.2) is 15.9 Å². The maximum absolute atomic E-state index is 13.9. The van der Waals surface area contributed by atoms with Crippen molar-refractivity contribution in [3.8, 4) is 22.4 Å². The standard InChI is InChI=1S/C27H17FN4OS/c1-16-11-19(5-9-23(16)28)26-22(18-6-10-24-25(12-18)34-15-31-24)13-21(14-30-26)32-27(33)17-3-7-20(29-2)8-4-17/h3-15H,1H3,(H,32,33). The van der Waals surface area contributed by atoms with E-state index in [1.165, 1.54) is 6.07 Å². The predicted octanol–water partition coefficient (Wildman–Crippen LogP) is 7.28. The molecule has 0 fully saturated rings. The van der Waals surface area contributed by atoms with E-state index < -0.39 is 0 Å². The molecule has 5 aromatic rings. The second-order valence-corrected chi connectivity index (χ2v) is 8.62. The van der Waals surface area contributed by atoms with E-state index in [4.69, 9.17) is 6.57 Å². The molecule has 0 aliphatic carbocycles. The van der Waals surface area contributed by atoms with Crippen LogP contribution in [0.2, 0.25) is 0 Å². The predicted molar refractivity (Wildman–Crippen MR) is 134 cm³/mol. The van der Waals surface area contributed by atoms with Gasteiger partial charge in [-0.05, 0) is 54.4 Å². The minimum Gasteiger partial charge on any atom is -0.321 e. The van der Waals surface area contributed by atoms with Crippen LogP contribution in [0.3, 0.4) is 0 Å². The van der Waals surface area contributed by atoms with E-state index >= 15 is 0 Å². The minimum atomic E-state index is -0.299. The number of nitrogens with one attached hydrogen (secondary N) is 1. The third kappa shape index (κ3) is 4.15. The van der Waals surface area contributed by atoms with Gasteiger partial charge in [0.1, 0.15) is 5.82 Å². The van der Waals surface area contributed by atoms with Gasteiger partial charge in [-0.1, -0.05) is 30.3 Å². The van der Waals surface area contributed by atoms with E-state index in [9.17, 15) is 9.18 Å². The zero-order valence-corrected chi connectivity index (χ0v) is 18.9. The van der Waals surface area contributed by atoms with Gasteiger partial charge < -0.3 is 5.32 Å². The first-order valence-corrected chi connectivity index (χ1v) is 11.3. The largest absolute Gasteiger partial charge is 0.321 e. The number of hydrogen-bond donors (Lipinski definition) is 1. The Hall–Kier alpha value is -4.41. The summed E-state index contributed by atoms with van der Waals surface area (Å²) in [5.74, 6) is -0.572. The van der Waals surface area contributed by atoms with E-state index in [0.29, 0.717) is 28.2 Å². The normalized spacial score (nSPS) is 10.7. The molecule has 34 heavy (non-hydrogen) atoms. The van der Waals surface area contributed by atoms with Crippen molar-refractivity contribution in [1.82, 2.24) is 9.97 Å². The highest BCUT2D eigenvalue weighted by atomic mass is 32.1. The molecule has 2 heterocycles. The van der Waals surface area contributed by atoms with Crippen LogP contribution in [0, 0.1) is 19.3 Å². The molecule has 3 aromatic carbocycles. The minimum absolute atomic E-state index is 0.274. The van der Waals surface area contributed by atoms with Crippen molar-refractivity contribution in [1.29, 1.82) is 0 Å². The molecule has 164 valence electrons. The number of pyridine rings is 1. The first kappa shape index (κ1) is 21.4. The van der Waals surface area contributed by atoms with E-state index in [1.54, 1.807) is 66.4 Å². The summed E-state index contributed by atoms with van der Waals surface area (Å²) in [5.41, 5.74) is 7.87. The Morgan fingerprint density at radius 2 is 1.79 bits per heavy atom. The Kier molecular flexibility index (Phi) is 5.58. The Bertz CT molecular complexity index is 1590. The van der Waals surface area contributed by atoms with Gasteiger partial charge in [0.15, 0.2) is 5.69 Å². The number of halogens is 1. The average Bonchev–Trinajstić information content (AvgIpc) is 3.34. The lowest BCUT2D eigenvalue weighted by Gasteiger charge is -2.13. The van der Waals surface area contributed by atoms with Gasteiger partial charge in [-0.3, -0.25) is 9.78 Å². The fourth-order valence-corrected chi connectivity index (χ4v) is 4.40. The van der Waals surface area contributed by atoms with Gasteiger partial charge in [0.25, 0.3) is 5.91 Å². The van der Waals surface area contributed by atoms with Gasteiger partial charge in [0, 0.05) is 16.7 Å². The molecular formula is C27H17FN4OS. The second kappa shape index (κ2) is 8.85. The Labute approximate surface area is 199 Å². The summed E-state index contributed by atoms with van der Waals surface area (Å²) in [6, 6.07) is 19.2. The number of carbonyl (C=O) groups excluding carboxylic acids is 1. The molecule has 5 nitrogen and oxygen atoms in total. The van der Waals surface area contributed by atoms with Crippen LogP contribution in [-0.2, 0) is 0 Å². The second-order valence-electron chi connectivity index (χ2n) is 7.73. The van der Waals surface area contributed by atoms with Crippen molar-refractivity contribution in [2.24, 2.45) is 0 Å². The smallest absolute Gasteiger partial charge is 0.255 e. The van der Waals surface area contributed by atoms with Crippen LogP contribution in [0.25, 0.3) is 37.4 Å². The van der Waals surface area contributed by atoms with E-state index in [1.807, 2.05) is 24.3 Å². The molecule has 1 amide bonds. The van der Waals surface area contributed by atoms with Gasteiger partial charge in [-0.2, -0.15) is 0 Å². The van der Waals surface area contributed by atoms with Gasteiger partial charge in [0.2, 0.25) is 0 Å². The number of fused-ring (bicyclic) bond motifs is 1. The lowest BCUT2D eigenvalue weighted by molar-refractivity contribution is 0.102. The molecule has 0 aliphatic heterocycles. The summed E-state index contributed by atoms with van der Waals surface area (Å²) >= 11 is 1.55. The third-order valence-electron chi connectivity index (χ3n) is 5.48. The van der Waals surface area contributed by atoms with Crippen molar-refractivity contribution < 1.29 is 9.18 Å². The van der Waals surface area contributed by atoms with Gasteiger partial charge >= 0.3 is 0 Å². The Balaban J connectivity index is 1.57. The van der Waals surface area contributed by atoms with Gasteiger partial charge in [-0.25, -0.2) is 14.2 Å². The summed E-state index contributed by atoms with van der Waals surface area (Å²) in [6.45, 7) is 8.77. The van der Waals surface area contributed by atoms with E-state index in [2.05, 4.69) is 20.1 Å². The van der Waals surface area contributed by atoms with E-state index in [-0.39, 0.29) is 11.7 Å². The van der Waals surface area contributed by atoms with Crippen molar-refractivity contribution >= 4 is 38.8 Å². The number of aryl methyl sites for hydroxylation is 1. The summed E-state index contributed by atoms with van der Waals surface area (Å²) in [6.07, 6.45) is 1.59. The van der Waals surface area contributed by atoms with E-state index in [0.717, 1.165) is 26.9 Å². The number of thiazole rings is 1. The number of nitrogens with zero attached hydrogens (tertiary/aromatic N) is 3. The molecule has 0 saturated carbocycles. The fraction of sp³-hybridized carbons (Fsp3) is 0.0370. The molecule has 0 bridgehead atoms. The molecule has 0 aliphatic rings. The quantitative estimate of drug-likeness (QED) is 0.284. The van der Waals surface area contributed by atoms with Crippen LogP contribution in [0.4, 0.5) is 15.8 Å². The molecule has 0 unspecified atom stereocenters. The van der Waals surface area contributed by atoms with Crippen LogP contribution in [0.15, 0.2) is 78.4 Å². The molecule has 1 N–H and O–H groups in total. The number of hydrogen-bond acceptors (Lipinski definition) is 4. The van der Waals surface area contributed by atoms with Crippen LogP contribution >= 0.6 is 11.3 Å². The van der Waals surface area contributed by atoms with Gasteiger partial charge in [0.05, 0.1) is 39.9 Å². The first-order chi connectivity index (χ1) is 16.5. The maximum Gasteiger partial charge on any atom is 0.255 e. The molecule has 5 rings (SSSR count). The summed E-state index contributed by atoms with van der Waals surface area (Å²) in [7, 11) is 0. The molecule has 0 radical (unpaired) electrons. The molecule has 0 saturated heterocycles. The van der Waals surface area contributed by atoms with Crippen LogP contribution < -0.4 is 5.32 Å². The van der Waals surface area contributed by atoms with Gasteiger partial charge in [-0.15, -0.1) is 11.3 Å². The highest BCUT2D eigenvalue weighted by molar-refractivity contribution is 7.16. The molecular weight excluding hydrogens is 447 g/mol. The summed E-state index contributed by atoms with van der Waals surface area (Å²) < 4.78 is 14.9. The van der Waals surface area contributed by atoms with Crippen molar-refractivity contribution in [2.75, 3.05) is 5.32 Å². The number of benzene rings is 3. The number of amides is 1.